The van der Waals surface area contributed by atoms with E-state index in [2.05, 4.69) is 20.9 Å². The lowest BCUT2D eigenvalue weighted by atomic mass is 10.0. The van der Waals surface area contributed by atoms with Gasteiger partial charge in [0.05, 0.1) is 6.04 Å². The maximum Gasteiger partial charge on any atom is 0.243 e. The summed E-state index contributed by atoms with van der Waals surface area (Å²) in [4.78, 5) is 55.8. The first-order valence-corrected chi connectivity index (χ1v) is 14.2. The predicted molar refractivity (Wildman–Crippen MR) is 163 cm³/mol. The third-order valence-electron chi connectivity index (χ3n) is 6.64. The number of carbonyl (C=O) groups is 4. The number of aliphatic imine (C=N–C) groups is 1. The van der Waals surface area contributed by atoms with Gasteiger partial charge >= 0.3 is 0 Å². The summed E-state index contributed by atoms with van der Waals surface area (Å²) in [5.74, 6) is -2.40. The second kappa shape index (κ2) is 18.1. The Morgan fingerprint density at radius 3 is 1.67 bits per heavy atom. The molecule has 228 valence electrons. The molecule has 0 aliphatic heterocycles. The zero-order chi connectivity index (χ0) is 30.9. The van der Waals surface area contributed by atoms with Crippen LogP contribution < -0.4 is 38.9 Å². The van der Waals surface area contributed by atoms with Crippen LogP contribution in [0.2, 0.25) is 0 Å². The van der Waals surface area contributed by atoms with E-state index in [-0.39, 0.29) is 25.3 Å². The van der Waals surface area contributed by atoms with Crippen molar-refractivity contribution in [1.29, 1.82) is 0 Å². The molecule has 42 heavy (non-hydrogen) atoms. The second-order valence-electron chi connectivity index (χ2n) is 10.2. The standard InChI is InChI=1S/C30H44N8O4/c1-2-3-15-23(36-27(40)22(31)18-20-11-6-4-7-12-20)28(41)37-24(16-10-17-35-30(33)34)29(42)38-25(26(32)39)19-21-13-8-5-9-14-21/h4-9,11-14,22-25H,2-3,10,15-19,31H2,1H3,(H2,32,39)(H,36,40)(H,37,41)(H,38,42)(H4,33,34,35)/t22-,23-,24-,25-/m0/s1. The molecule has 11 N–H and O–H groups in total. The Balaban J connectivity index is 2.15. The summed E-state index contributed by atoms with van der Waals surface area (Å²) in [6, 6.07) is 14.6. The Morgan fingerprint density at radius 2 is 1.17 bits per heavy atom. The number of primary amides is 1. The Hall–Kier alpha value is -4.45. The lowest BCUT2D eigenvalue weighted by Gasteiger charge is -2.25. The molecule has 0 aliphatic carbocycles. The molecule has 2 aromatic carbocycles. The molecular weight excluding hydrogens is 536 g/mol. The average Bonchev–Trinajstić information content (AvgIpc) is 2.96. The van der Waals surface area contributed by atoms with E-state index in [1.54, 1.807) is 0 Å². The van der Waals surface area contributed by atoms with Gasteiger partial charge in [0, 0.05) is 13.0 Å². The number of hydrogen-bond acceptors (Lipinski definition) is 6. The van der Waals surface area contributed by atoms with E-state index < -0.39 is 47.8 Å². The summed E-state index contributed by atoms with van der Waals surface area (Å²) in [5, 5.41) is 8.17. The highest BCUT2D eigenvalue weighted by atomic mass is 16.2. The summed E-state index contributed by atoms with van der Waals surface area (Å²) in [6.07, 6.45) is 2.83. The maximum atomic E-state index is 13.4. The average molecular weight is 581 g/mol. The van der Waals surface area contributed by atoms with Crippen molar-refractivity contribution in [3.63, 3.8) is 0 Å². The number of rotatable bonds is 18. The molecule has 0 spiro atoms. The third kappa shape index (κ3) is 12.4. The van der Waals surface area contributed by atoms with Gasteiger partial charge in [-0.05, 0) is 36.8 Å². The lowest BCUT2D eigenvalue weighted by molar-refractivity contribution is -0.133. The first-order valence-electron chi connectivity index (χ1n) is 14.2. The molecule has 0 bridgehead atoms. The van der Waals surface area contributed by atoms with Crippen molar-refractivity contribution in [3.8, 4) is 0 Å². The van der Waals surface area contributed by atoms with Crippen molar-refractivity contribution in [3.05, 3.63) is 71.8 Å². The fraction of sp³-hybridized carbons (Fsp3) is 0.433. The number of nitrogens with one attached hydrogen (secondary N) is 3. The van der Waals surface area contributed by atoms with E-state index >= 15 is 0 Å². The van der Waals surface area contributed by atoms with E-state index in [0.717, 1.165) is 17.5 Å². The molecule has 0 saturated heterocycles. The Morgan fingerprint density at radius 1 is 0.690 bits per heavy atom. The third-order valence-corrected chi connectivity index (χ3v) is 6.64. The minimum absolute atomic E-state index is 0.0918. The zero-order valence-electron chi connectivity index (χ0n) is 24.1. The SMILES string of the molecule is CCCC[C@H](NC(=O)[C@@H](N)Cc1ccccc1)C(=O)N[C@@H](CCCN=C(N)N)C(=O)N[C@@H](Cc1ccccc1)C(N)=O. The fourth-order valence-electron chi connectivity index (χ4n) is 4.31. The molecule has 12 heteroatoms. The molecule has 4 amide bonds. The Labute approximate surface area is 247 Å². The maximum absolute atomic E-state index is 13.4. The smallest absolute Gasteiger partial charge is 0.243 e. The fourth-order valence-corrected chi connectivity index (χ4v) is 4.31. The summed E-state index contributed by atoms with van der Waals surface area (Å²) in [7, 11) is 0. The minimum atomic E-state index is -1.04. The van der Waals surface area contributed by atoms with Crippen LogP contribution in [0.3, 0.4) is 0 Å². The van der Waals surface area contributed by atoms with Crippen LogP contribution in [0.1, 0.15) is 50.2 Å². The molecule has 0 saturated carbocycles. The number of guanidine groups is 1. The molecular formula is C30H44N8O4. The zero-order valence-corrected chi connectivity index (χ0v) is 24.1. The van der Waals surface area contributed by atoms with Crippen LogP contribution in [0.25, 0.3) is 0 Å². The van der Waals surface area contributed by atoms with Crippen LogP contribution >= 0.6 is 0 Å². The molecule has 2 rings (SSSR count). The van der Waals surface area contributed by atoms with Gasteiger partial charge in [0.2, 0.25) is 23.6 Å². The van der Waals surface area contributed by atoms with Crippen LogP contribution in [0.4, 0.5) is 0 Å². The van der Waals surface area contributed by atoms with Crippen LogP contribution in [0.15, 0.2) is 65.7 Å². The van der Waals surface area contributed by atoms with Gasteiger partial charge in [-0.3, -0.25) is 24.2 Å². The first-order chi connectivity index (χ1) is 20.1. The van der Waals surface area contributed by atoms with E-state index in [1.165, 1.54) is 0 Å². The van der Waals surface area contributed by atoms with Crippen molar-refractivity contribution in [2.45, 2.75) is 76.0 Å². The van der Waals surface area contributed by atoms with E-state index in [0.29, 0.717) is 25.7 Å². The summed E-state index contributed by atoms with van der Waals surface area (Å²) >= 11 is 0. The van der Waals surface area contributed by atoms with E-state index in [1.807, 2.05) is 67.6 Å². The highest BCUT2D eigenvalue weighted by molar-refractivity contribution is 5.94. The molecule has 0 fully saturated rings. The van der Waals surface area contributed by atoms with Gasteiger partial charge in [-0.25, -0.2) is 0 Å². The largest absolute Gasteiger partial charge is 0.370 e. The van der Waals surface area contributed by atoms with Crippen molar-refractivity contribution in [2.24, 2.45) is 27.9 Å². The predicted octanol–water partition coefficient (Wildman–Crippen LogP) is -0.0174. The van der Waals surface area contributed by atoms with Gasteiger partial charge in [0.15, 0.2) is 5.96 Å². The lowest BCUT2D eigenvalue weighted by Crippen LogP contribution is -2.57. The van der Waals surface area contributed by atoms with E-state index in [4.69, 9.17) is 22.9 Å². The van der Waals surface area contributed by atoms with Crippen LogP contribution in [-0.2, 0) is 32.0 Å². The van der Waals surface area contributed by atoms with Crippen molar-refractivity contribution < 1.29 is 19.2 Å². The molecule has 0 unspecified atom stereocenters. The molecule has 0 aromatic heterocycles. The number of unbranched alkanes of at least 4 members (excludes halogenated alkanes) is 1. The summed E-state index contributed by atoms with van der Waals surface area (Å²) in [5.41, 5.74) is 24.2. The van der Waals surface area contributed by atoms with Crippen LogP contribution in [-0.4, -0.2) is 60.3 Å². The molecule has 0 radical (unpaired) electrons. The molecule has 4 atom stereocenters. The Kier molecular flexibility index (Phi) is 14.5. The van der Waals surface area contributed by atoms with Crippen molar-refractivity contribution in [2.75, 3.05) is 6.54 Å². The van der Waals surface area contributed by atoms with Gasteiger partial charge in [-0.2, -0.15) is 0 Å². The number of hydrogen-bond donors (Lipinski definition) is 7. The summed E-state index contributed by atoms with van der Waals surface area (Å²) in [6.45, 7) is 2.20. The molecule has 12 nitrogen and oxygen atoms in total. The monoisotopic (exact) mass is 580 g/mol. The first kappa shape index (κ1) is 33.8. The minimum Gasteiger partial charge on any atom is -0.370 e. The number of nitrogens with zero attached hydrogens (tertiary/aromatic N) is 1. The number of benzene rings is 2. The topological polar surface area (TPSA) is 221 Å². The molecule has 0 heterocycles. The number of nitrogens with two attached hydrogens (primary N) is 4. The van der Waals surface area contributed by atoms with Gasteiger partial charge in [-0.1, -0.05) is 80.4 Å². The molecule has 0 aliphatic rings. The number of amides is 4. The molecule has 2 aromatic rings. The second-order valence-corrected chi connectivity index (χ2v) is 10.2. The van der Waals surface area contributed by atoms with Gasteiger partial charge in [0.1, 0.15) is 18.1 Å². The highest BCUT2D eigenvalue weighted by Gasteiger charge is 2.29. The number of carbonyl (C=O) groups excluding carboxylic acids is 4. The van der Waals surface area contributed by atoms with Crippen molar-refractivity contribution >= 4 is 29.6 Å². The highest BCUT2D eigenvalue weighted by Crippen LogP contribution is 2.08. The van der Waals surface area contributed by atoms with Gasteiger partial charge < -0.3 is 38.9 Å². The van der Waals surface area contributed by atoms with Gasteiger partial charge in [-0.15, -0.1) is 0 Å². The summed E-state index contributed by atoms with van der Waals surface area (Å²) < 4.78 is 0. The van der Waals surface area contributed by atoms with E-state index in [9.17, 15) is 19.2 Å². The van der Waals surface area contributed by atoms with Crippen molar-refractivity contribution in [1.82, 2.24) is 16.0 Å². The van der Waals surface area contributed by atoms with Crippen LogP contribution in [0, 0.1) is 0 Å². The van der Waals surface area contributed by atoms with Crippen LogP contribution in [0.5, 0.6) is 0 Å². The quantitative estimate of drug-likeness (QED) is 0.0725. The Bertz CT molecular complexity index is 1170. The van der Waals surface area contributed by atoms with Gasteiger partial charge in [0.25, 0.3) is 0 Å². The normalized spacial score (nSPS) is 13.6.